The van der Waals surface area contributed by atoms with Gasteiger partial charge in [0.2, 0.25) is 5.91 Å². The van der Waals surface area contributed by atoms with Crippen molar-refractivity contribution in [2.24, 2.45) is 11.7 Å². The van der Waals surface area contributed by atoms with Crippen LogP contribution in [0.2, 0.25) is 0 Å². The monoisotopic (exact) mass is 213 g/mol. The van der Waals surface area contributed by atoms with Crippen molar-refractivity contribution in [2.45, 2.75) is 25.8 Å². The number of piperidine rings is 1. The zero-order chi connectivity index (χ0) is 11.4. The summed E-state index contributed by atoms with van der Waals surface area (Å²) in [6.45, 7) is 4.63. The van der Waals surface area contributed by atoms with E-state index in [2.05, 4.69) is 19.0 Å². The largest absolute Gasteiger partial charge is 0.341 e. The topological polar surface area (TPSA) is 49.6 Å². The van der Waals surface area contributed by atoms with E-state index in [0.717, 1.165) is 38.4 Å². The van der Waals surface area contributed by atoms with Crippen molar-refractivity contribution in [1.29, 1.82) is 0 Å². The fourth-order valence-electron chi connectivity index (χ4n) is 2.14. The SMILES string of the molecule is C[C@@H](N)C(=O)N1CCC(CN(C)C)CC1. The first kappa shape index (κ1) is 12.5. The highest BCUT2D eigenvalue weighted by atomic mass is 16.2. The predicted octanol–water partition coefficient (Wildman–Crippen LogP) is 0.134. The van der Waals surface area contributed by atoms with E-state index in [0.29, 0.717) is 0 Å². The molecule has 0 aromatic rings. The molecule has 0 spiro atoms. The molecule has 0 saturated carbocycles. The number of nitrogens with two attached hydrogens (primary N) is 1. The van der Waals surface area contributed by atoms with E-state index in [1.54, 1.807) is 6.92 Å². The third-order valence-electron chi connectivity index (χ3n) is 2.94. The van der Waals surface area contributed by atoms with E-state index in [9.17, 15) is 4.79 Å². The molecule has 0 aromatic heterocycles. The number of amides is 1. The Morgan fingerprint density at radius 3 is 2.40 bits per heavy atom. The summed E-state index contributed by atoms with van der Waals surface area (Å²) < 4.78 is 0. The lowest BCUT2D eigenvalue weighted by molar-refractivity contribution is -0.133. The highest BCUT2D eigenvalue weighted by Crippen LogP contribution is 2.17. The van der Waals surface area contributed by atoms with Crippen LogP contribution in [0.25, 0.3) is 0 Å². The fraction of sp³-hybridized carbons (Fsp3) is 0.909. The van der Waals surface area contributed by atoms with Crippen molar-refractivity contribution in [3.63, 3.8) is 0 Å². The Morgan fingerprint density at radius 1 is 1.47 bits per heavy atom. The lowest BCUT2D eigenvalue weighted by atomic mass is 9.96. The quantitative estimate of drug-likeness (QED) is 0.725. The average Bonchev–Trinajstić information content (AvgIpc) is 2.17. The van der Waals surface area contributed by atoms with Gasteiger partial charge in [-0.05, 0) is 39.8 Å². The van der Waals surface area contributed by atoms with Crippen LogP contribution in [0.3, 0.4) is 0 Å². The van der Waals surface area contributed by atoms with Gasteiger partial charge >= 0.3 is 0 Å². The van der Waals surface area contributed by atoms with Crippen LogP contribution < -0.4 is 5.73 Å². The van der Waals surface area contributed by atoms with Gasteiger partial charge in [0.05, 0.1) is 6.04 Å². The molecule has 0 aromatic carbocycles. The third-order valence-corrected chi connectivity index (χ3v) is 2.94. The van der Waals surface area contributed by atoms with Gasteiger partial charge in [0, 0.05) is 19.6 Å². The molecule has 1 fully saturated rings. The molecule has 15 heavy (non-hydrogen) atoms. The Balaban J connectivity index is 2.32. The molecule has 4 nitrogen and oxygen atoms in total. The number of rotatable bonds is 3. The second-order valence-electron chi connectivity index (χ2n) is 4.82. The molecule has 2 N–H and O–H groups in total. The van der Waals surface area contributed by atoms with Crippen molar-refractivity contribution < 1.29 is 4.79 Å². The molecule has 4 heteroatoms. The standard InChI is InChI=1S/C11H23N3O/c1-9(12)11(15)14-6-4-10(5-7-14)8-13(2)3/h9-10H,4-8,12H2,1-3H3/t9-/m1/s1. The zero-order valence-electron chi connectivity index (χ0n) is 10.1. The zero-order valence-corrected chi connectivity index (χ0v) is 10.1. The summed E-state index contributed by atoms with van der Waals surface area (Å²) in [5.74, 6) is 0.829. The summed E-state index contributed by atoms with van der Waals surface area (Å²) in [5, 5.41) is 0. The van der Waals surface area contributed by atoms with Gasteiger partial charge in [-0.3, -0.25) is 4.79 Å². The summed E-state index contributed by atoms with van der Waals surface area (Å²) >= 11 is 0. The van der Waals surface area contributed by atoms with E-state index < -0.39 is 0 Å². The highest BCUT2D eigenvalue weighted by molar-refractivity contribution is 5.81. The summed E-state index contributed by atoms with van der Waals surface area (Å²) in [6.07, 6.45) is 2.22. The van der Waals surface area contributed by atoms with Crippen molar-refractivity contribution in [1.82, 2.24) is 9.80 Å². The van der Waals surface area contributed by atoms with Crippen LogP contribution in [-0.4, -0.2) is 55.5 Å². The number of likely N-dealkylation sites (tertiary alicyclic amines) is 1. The summed E-state index contributed by atoms with van der Waals surface area (Å²) in [5.41, 5.74) is 5.58. The molecular weight excluding hydrogens is 190 g/mol. The van der Waals surface area contributed by atoms with Gasteiger partial charge in [-0.15, -0.1) is 0 Å². The Hall–Kier alpha value is -0.610. The van der Waals surface area contributed by atoms with Gasteiger partial charge in [0.25, 0.3) is 0 Å². The van der Waals surface area contributed by atoms with Crippen LogP contribution in [0.5, 0.6) is 0 Å². The average molecular weight is 213 g/mol. The van der Waals surface area contributed by atoms with Gasteiger partial charge in [0.15, 0.2) is 0 Å². The molecule has 1 rings (SSSR count). The number of hydrogen-bond donors (Lipinski definition) is 1. The van der Waals surface area contributed by atoms with Crippen molar-refractivity contribution >= 4 is 5.91 Å². The molecule has 0 aliphatic carbocycles. The number of carbonyl (C=O) groups is 1. The van der Waals surface area contributed by atoms with Crippen LogP contribution in [0, 0.1) is 5.92 Å². The Kier molecular flexibility index (Phi) is 4.54. The van der Waals surface area contributed by atoms with Gasteiger partial charge in [-0.2, -0.15) is 0 Å². The Morgan fingerprint density at radius 2 is 2.00 bits per heavy atom. The van der Waals surface area contributed by atoms with Crippen LogP contribution in [0.4, 0.5) is 0 Å². The van der Waals surface area contributed by atoms with E-state index >= 15 is 0 Å². The number of nitrogens with zero attached hydrogens (tertiary/aromatic N) is 2. The lowest BCUT2D eigenvalue weighted by Crippen LogP contribution is -2.46. The maximum atomic E-state index is 11.6. The summed E-state index contributed by atoms with van der Waals surface area (Å²) in [7, 11) is 4.19. The maximum absolute atomic E-state index is 11.6. The highest BCUT2D eigenvalue weighted by Gasteiger charge is 2.24. The minimum atomic E-state index is -0.351. The minimum Gasteiger partial charge on any atom is -0.341 e. The molecule has 88 valence electrons. The number of hydrogen-bond acceptors (Lipinski definition) is 3. The number of carbonyl (C=O) groups excluding carboxylic acids is 1. The van der Waals surface area contributed by atoms with Crippen LogP contribution in [0.1, 0.15) is 19.8 Å². The summed E-state index contributed by atoms with van der Waals surface area (Å²) in [6, 6.07) is -0.351. The van der Waals surface area contributed by atoms with Crippen molar-refractivity contribution in [2.75, 3.05) is 33.7 Å². The molecule has 0 unspecified atom stereocenters. The lowest BCUT2D eigenvalue weighted by Gasteiger charge is -2.34. The van der Waals surface area contributed by atoms with Crippen LogP contribution in [0.15, 0.2) is 0 Å². The van der Waals surface area contributed by atoms with Crippen molar-refractivity contribution in [3.8, 4) is 0 Å². The minimum absolute atomic E-state index is 0.0957. The molecular formula is C11H23N3O. The van der Waals surface area contributed by atoms with E-state index in [1.807, 2.05) is 4.90 Å². The van der Waals surface area contributed by atoms with Gasteiger partial charge in [-0.25, -0.2) is 0 Å². The normalized spacial score (nSPS) is 20.7. The second-order valence-corrected chi connectivity index (χ2v) is 4.82. The van der Waals surface area contributed by atoms with E-state index in [4.69, 9.17) is 5.73 Å². The molecule has 1 aliphatic heterocycles. The van der Waals surface area contributed by atoms with Gasteiger partial charge < -0.3 is 15.5 Å². The van der Waals surface area contributed by atoms with Gasteiger partial charge in [0.1, 0.15) is 0 Å². The third kappa shape index (κ3) is 3.80. The van der Waals surface area contributed by atoms with E-state index in [1.165, 1.54) is 0 Å². The first-order chi connectivity index (χ1) is 7.00. The Bertz CT molecular complexity index is 208. The van der Waals surface area contributed by atoms with Gasteiger partial charge in [-0.1, -0.05) is 0 Å². The first-order valence-corrected chi connectivity index (χ1v) is 5.69. The molecule has 1 aliphatic rings. The van der Waals surface area contributed by atoms with Crippen LogP contribution in [-0.2, 0) is 4.79 Å². The second kappa shape index (κ2) is 5.47. The van der Waals surface area contributed by atoms with Crippen molar-refractivity contribution in [3.05, 3.63) is 0 Å². The molecule has 0 radical (unpaired) electrons. The summed E-state index contributed by atoms with van der Waals surface area (Å²) in [4.78, 5) is 15.7. The first-order valence-electron chi connectivity index (χ1n) is 5.69. The molecule has 1 amide bonds. The van der Waals surface area contributed by atoms with Crippen LogP contribution >= 0.6 is 0 Å². The van der Waals surface area contributed by atoms with E-state index in [-0.39, 0.29) is 11.9 Å². The smallest absolute Gasteiger partial charge is 0.239 e. The predicted molar refractivity (Wildman–Crippen MR) is 61.5 cm³/mol. The maximum Gasteiger partial charge on any atom is 0.239 e. The fourth-order valence-corrected chi connectivity index (χ4v) is 2.14. The molecule has 1 heterocycles. The molecule has 0 bridgehead atoms. The molecule has 1 saturated heterocycles. The Labute approximate surface area is 92.4 Å². The molecule has 1 atom stereocenters.